The Hall–Kier alpha value is -1.69. The second kappa shape index (κ2) is 5.01. The molecule has 6 heteroatoms. The van der Waals surface area contributed by atoms with Crippen LogP contribution in [0, 0.1) is 6.92 Å². The van der Waals surface area contributed by atoms with E-state index in [0.29, 0.717) is 11.9 Å². The largest absolute Gasteiger partial charge is 0.368 e. The number of thiazole rings is 1. The molecule has 5 nitrogen and oxygen atoms in total. The molecular formula is C14H19N5S. The molecule has 0 radical (unpaired) electrons. The lowest BCUT2D eigenvalue weighted by molar-refractivity contribution is 0.710. The van der Waals surface area contributed by atoms with Gasteiger partial charge in [-0.3, -0.25) is 0 Å². The van der Waals surface area contributed by atoms with Crippen LogP contribution in [-0.2, 0) is 13.0 Å². The van der Waals surface area contributed by atoms with Gasteiger partial charge < -0.3 is 10.6 Å². The van der Waals surface area contributed by atoms with Gasteiger partial charge in [-0.2, -0.15) is 4.98 Å². The van der Waals surface area contributed by atoms with Gasteiger partial charge in [-0.25, -0.2) is 9.97 Å². The van der Waals surface area contributed by atoms with Crippen molar-refractivity contribution in [3.05, 3.63) is 27.3 Å². The van der Waals surface area contributed by atoms with Crippen LogP contribution >= 0.6 is 11.3 Å². The first-order valence-electron chi connectivity index (χ1n) is 6.87. The maximum Gasteiger partial charge on any atom is 0.221 e. The number of aromatic nitrogens is 3. The third-order valence-electron chi connectivity index (χ3n) is 3.50. The number of nitrogens with two attached hydrogens (primary N) is 1. The van der Waals surface area contributed by atoms with Crippen molar-refractivity contribution in [2.45, 2.75) is 39.7 Å². The predicted molar refractivity (Wildman–Crippen MR) is 82.1 cm³/mol. The molecular weight excluding hydrogens is 270 g/mol. The molecule has 1 aliphatic heterocycles. The number of nitrogen functional groups attached to an aromatic ring is 1. The minimum absolute atomic E-state index is 0.337. The average Bonchev–Trinajstić information content (AvgIpc) is 2.84. The van der Waals surface area contributed by atoms with Crippen LogP contribution in [0.3, 0.4) is 0 Å². The van der Waals surface area contributed by atoms with Crippen LogP contribution in [0.4, 0.5) is 11.8 Å². The lowest BCUT2D eigenvalue weighted by Gasteiger charge is -2.28. The zero-order chi connectivity index (χ0) is 14.3. The maximum atomic E-state index is 5.71. The van der Waals surface area contributed by atoms with Crippen LogP contribution in [-0.4, -0.2) is 21.5 Å². The summed E-state index contributed by atoms with van der Waals surface area (Å²) in [5.74, 6) is 1.78. The average molecular weight is 289 g/mol. The highest BCUT2D eigenvalue weighted by atomic mass is 32.1. The molecule has 0 saturated heterocycles. The number of hydrogen-bond acceptors (Lipinski definition) is 6. The summed E-state index contributed by atoms with van der Waals surface area (Å²) in [6.07, 6.45) is 2.77. The van der Waals surface area contributed by atoms with E-state index >= 15 is 0 Å². The topological polar surface area (TPSA) is 67.9 Å². The molecule has 1 aliphatic rings. The number of anilines is 2. The third kappa shape index (κ3) is 2.35. The molecule has 106 valence electrons. The van der Waals surface area contributed by atoms with Gasteiger partial charge in [0.1, 0.15) is 5.82 Å². The standard InChI is InChI=1S/C14H19N5S/c1-8(2)13-17-10-4-5-19(7-11(10)20-13)12-9(3)6-16-14(15)18-12/h6,8H,4-5,7H2,1-3H3,(H2,15,16,18). The molecule has 0 aromatic carbocycles. The number of fused-ring (bicyclic) bond motifs is 1. The van der Waals surface area contributed by atoms with Gasteiger partial charge >= 0.3 is 0 Å². The van der Waals surface area contributed by atoms with Crippen molar-refractivity contribution in [3.8, 4) is 0 Å². The molecule has 3 heterocycles. The molecule has 0 atom stereocenters. The summed E-state index contributed by atoms with van der Waals surface area (Å²) in [7, 11) is 0. The Morgan fingerprint density at radius 2 is 2.15 bits per heavy atom. The molecule has 2 aromatic heterocycles. The van der Waals surface area contributed by atoms with Crippen molar-refractivity contribution in [1.29, 1.82) is 0 Å². The van der Waals surface area contributed by atoms with Crippen molar-refractivity contribution in [2.75, 3.05) is 17.2 Å². The third-order valence-corrected chi connectivity index (χ3v) is 4.89. The summed E-state index contributed by atoms with van der Waals surface area (Å²) in [6.45, 7) is 8.22. The van der Waals surface area contributed by atoms with Gasteiger partial charge in [0.15, 0.2) is 0 Å². The highest BCUT2D eigenvalue weighted by molar-refractivity contribution is 7.11. The van der Waals surface area contributed by atoms with Crippen molar-refractivity contribution in [2.24, 2.45) is 0 Å². The number of hydrogen-bond donors (Lipinski definition) is 1. The summed E-state index contributed by atoms with van der Waals surface area (Å²) < 4.78 is 0. The molecule has 3 rings (SSSR count). The van der Waals surface area contributed by atoms with E-state index in [2.05, 4.69) is 28.7 Å². The molecule has 2 aromatic rings. The van der Waals surface area contributed by atoms with Gasteiger partial charge in [-0.1, -0.05) is 13.8 Å². The van der Waals surface area contributed by atoms with Crippen LogP contribution < -0.4 is 10.6 Å². The summed E-state index contributed by atoms with van der Waals surface area (Å²) in [4.78, 5) is 16.8. The molecule has 0 unspecified atom stereocenters. The van der Waals surface area contributed by atoms with E-state index in [4.69, 9.17) is 10.7 Å². The Kier molecular flexibility index (Phi) is 3.33. The number of nitrogens with zero attached hydrogens (tertiary/aromatic N) is 4. The van der Waals surface area contributed by atoms with E-state index in [-0.39, 0.29) is 0 Å². The maximum absolute atomic E-state index is 5.71. The number of aryl methyl sites for hydroxylation is 1. The van der Waals surface area contributed by atoms with E-state index in [1.54, 1.807) is 6.20 Å². The van der Waals surface area contributed by atoms with Crippen molar-refractivity contribution >= 4 is 23.1 Å². The minimum Gasteiger partial charge on any atom is -0.368 e. The van der Waals surface area contributed by atoms with Crippen LogP contribution in [0.25, 0.3) is 0 Å². The first-order chi connectivity index (χ1) is 9.54. The van der Waals surface area contributed by atoms with Crippen molar-refractivity contribution < 1.29 is 0 Å². The Morgan fingerprint density at radius 1 is 1.35 bits per heavy atom. The van der Waals surface area contributed by atoms with Gasteiger partial charge in [0, 0.05) is 35.5 Å². The summed E-state index contributed by atoms with van der Waals surface area (Å²) >= 11 is 1.82. The lowest BCUT2D eigenvalue weighted by Crippen LogP contribution is -2.31. The fourth-order valence-electron chi connectivity index (χ4n) is 2.41. The van der Waals surface area contributed by atoms with Crippen molar-refractivity contribution in [1.82, 2.24) is 15.0 Å². The first-order valence-corrected chi connectivity index (χ1v) is 7.68. The fraction of sp³-hybridized carbons (Fsp3) is 0.500. The van der Waals surface area contributed by atoms with E-state index in [1.165, 1.54) is 15.6 Å². The molecule has 2 N–H and O–H groups in total. The Balaban J connectivity index is 1.90. The van der Waals surface area contributed by atoms with Crippen LogP contribution in [0.1, 0.15) is 40.9 Å². The monoisotopic (exact) mass is 289 g/mol. The summed E-state index contributed by atoms with van der Waals surface area (Å²) in [5.41, 5.74) is 8.04. The van der Waals surface area contributed by atoms with Gasteiger partial charge in [0.25, 0.3) is 0 Å². The highest BCUT2D eigenvalue weighted by Crippen LogP contribution is 2.31. The Morgan fingerprint density at radius 3 is 2.90 bits per heavy atom. The SMILES string of the molecule is Cc1cnc(N)nc1N1CCc2nc(C(C)C)sc2C1. The van der Waals surface area contributed by atoms with Gasteiger partial charge in [-0.05, 0) is 6.92 Å². The second-order valence-corrected chi connectivity index (χ2v) is 6.60. The van der Waals surface area contributed by atoms with Crippen molar-refractivity contribution in [3.63, 3.8) is 0 Å². The zero-order valence-electron chi connectivity index (χ0n) is 12.1. The molecule has 0 fully saturated rings. The van der Waals surface area contributed by atoms with Gasteiger partial charge in [0.05, 0.1) is 17.2 Å². The van der Waals surface area contributed by atoms with Crippen LogP contribution in [0.5, 0.6) is 0 Å². The predicted octanol–water partition coefficient (Wildman–Crippen LogP) is 2.51. The van der Waals surface area contributed by atoms with Crippen LogP contribution in [0.15, 0.2) is 6.20 Å². The summed E-state index contributed by atoms with van der Waals surface area (Å²) in [5, 5.41) is 1.23. The lowest BCUT2D eigenvalue weighted by atomic mass is 10.1. The molecule has 0 bridgehead atoms. The minimum atomic E-state index is 0.337. The molecule has 0 amide bonds. The smallest absolute Gasteiger partial charge is 0.221 e. The quantitative estimate of drug-likeness (QED) is 0.920. The molecule has 0 spiro atoms. The van der Waals surface area contributed by atoms with E-state index in [9.17, 15) is 0 Å². The number of rotatable bonds is 2. The summed E-state index contributed by atoms with van der Waals surface area (Å²) in [6, 6.07) is 0. The Bertz CT molecular complexity index is 634. The van der Waals surface area contributed by atoms with Gasteiger partial charge in [0.2, 0.25) is 5.95 Å². The molecule has 0 aliphatic carbocycles. The van der Waals surface area contributed by atoms with Crippen LogP contribution in [0.2, 0.25) is 0 Å². The zero-order valence-corrected chi connectivity index (χ0v) is 12.9. The Labute approximate surface area is 122 Å². The highest BCUT2D eigenvalue weighted by Gasteiger charge is 2.23. The van der Waals surface area contributed by atoms with E-state index < -0.39 is 0 Å². The van der Waals surface area contributed by atoms with E-state index in [1.807, 2.05) is 18.3 Å². The first kappa shape index (κ1) is 13.3. The molecule has 20 heavy (non-hydrogen) atoms. The van der Waals surface area contributed by atoms with Gasteiger partial charge in [-0.15, -0.1) is 11.3 Å². The van der Waals surface area contributed by atoms with E-state index in [0.717, 1.165) is 30.9 Å². The normalized spacial score (nSPS) is 14.7. The molecule has 0 saturated carbocycles. The fourth-order valence-corrected chi connectivity index (χ4v) is 3.54. The second-order valence-electron chi connectivity index (χ2n) is 5.48.